The van der Waals surface area contributed by atoms with Crippen molar-refractivity contribution in [3.8, 4) is 0 Å². The third kappa shape index (κ3) is 3.15. The Hall–Kier alpha value is -0.150. The van der Waals surface area contributed by atoms with E-state index in [-0.39, 0.29) is 12.4 Å². The molecular formula is C10H13Cl3N2. The lowest BCUT2D eigenvalue weighted by Crippen LogP contribution is -2.43. The molecular weight excluding hydrogens is 254 g/mol. The van der Waals surface area contributed by atoms with Crippen LogP contribution in [0.2, 0.25) is 10.0 Å². The average molecular weight is 268 g/mol. The largest absolute Gasteiger partial charge is 0.368 e. The summed E-state index contributed by atoms with van der Waals surface area (Å²) >= 11 is 12.0. The van der Waals surface area contributed by atoms with Crippen molar-refractivity contribution in [3.63, 3.8) is 0 Å². The molecule has 1 aliphatic heterocycles. The Balaban J connectivity index is 0.00000112. The van der Waals surface area contributed by atoms with Crippen molar-refractivity contribution in [2.45, 2.75) is 0 Å². The highest BCUT2D eigenvalue weighted by atomic mass is 35.5. The number of piperazine rings is 1. The second-order valence-corrected chi connectivity index (χ2v) is 4.18. The summed E-state index contributed by atoms with van der Waals surface area (Å²) in [5, 5.41) is 4.81. The van der Waals surface area contributed by atoms with E-state index < -0.39 is 0 Å². The summed E-state index contributed by atoms with van der Waals surface area (Å²) in [6.07, 6.45) is 0. The number of hydrogen-bond acceptors (Lipinski definition) is 2. The Kier molecular flexibility index (Phi) is 5.00. The van der Waals surface area contributed by atoms with Crippen LogP contribution in [0.3, 0.4) is 0 Å². The molecule has 1 saturated heterocycles. The van der Waals surface area contributed by atoms with Crippen LogP contribution in [0.1, 0.15) is 0 Å². The van der Waals surface area contributed by atoms with Gasteiger partial charge in [-0.2, -0.15) is 0 Å². The molecule has 0 aromatic heterocycles. The van der Waals surface area contributed by atoms with Gasteiger partial charge in [-0.25, -0.2) is 0 Å². The average Bonchev–Trinajstić information content (AvgIpc) is 2.23. The lowest BCUT2D eigenvalue weighted by Gasteiger charge is -2.30. The van der Waals surface area contributed by atoms with Gasteiger partial charge in [-0.05, 0) is 18.2 Å². The molecule has 1 N–H and O–H groups in total. The Bertz CT molecular complexity index is 324. The van der Waals surface area contributed by atoms with E-state index in [0.717, 1.165) is 41.9 Å². The van der Waals surface area contributed by atoms with Crippen LogP contribution in [0.4, 0.5) is 5.69 Å². The SMILES string of the molecule is Cl.Clc1ccc(Cl)c(N2CCNCC2)c1. The van der Waals surface area contributed by atoms with Crippen molar-refractivity contribution < 1.29 is 0 Å². The first-order valence-electron chi connectivity index (χ1n) is 4.68. The molecule has 0 aliphatic carbocycles. The zero-order chi connectivity index (χ0) is 9.97. The van der Waals surface area contributed by atoms with Gasteiger partial charge in [0.05, 0.1) is 10.7 Å². The van der Waals surface area contributed by atoms with E-state index in [9.17, 15) is 0 Å². The number of nitrogens with zero attached hydrogens (tertiary/aromatic N) is 1. The first kappa shape index (κ1) is 12.9. The Morgan fingerprint density at radius 3 is 2.47 bits per heavy atom. The van der Waals surface area contributed by atoms with Crippen molar-refractivity contribution in [2.75, 3.05) is 31.1 Å². The van der Waals surface area contributed by atoms with Crippen LogP contribution in [-0.2, 0) is 0 Å². The number of anilines is 1. The topological polar surface area (TPSA) is 15.3 Å². The predicted molar refractivity (Wildman–Crippen MR) is 68.8 cm³/mol. The standard InChI is InChI=1S/C10H12Cl2N2.ClH/c11-8-1-2-9(12)10(7-8)14-5-3-13-4-6-14;/h1-2,7,13H,3-6H2;1H. The van der Waals surface area contributed by atoms with Crippen LogP contribution < -0.4 is 10.2 Å². The molecule has 0 unspecified atom stereocenters. The minimum absolute atomic E-state index is 0. The third-order valence-electron chi connectivity index (χ3n) is 2.37. The van der Waals surface area contributed by atoms with Gasteiger partial charge < -0.3 is 10.2 Å². The van der Waals surface area contributed by atoms with Gasteiger partial charge >= 0.3 is 0 Å². The number of halogens is 3. The molecule has 1 aromatic rings. The summed E-state index contributed by atoms with van der Waals surface area (Å²) in [7, 11) is 0. The van der Waals surface area contributed by atoms with Crippen molar-refractivity contribution in [1.29, 1.82) is 0 Å². The summed E-state index contributed by atoms with van der Waals surface area (Å²) in [4.78, 5) is 2.25. The van der Waals surface area contributed by atoms with E-state index in [4.69, 9.17) is 23.2 Å². The number of nitrogens with one attached hydrogen (secondary N) is 1. The minimum atomic E-state index is 0. The Morgan fingerprint density at radius 2 is 1.80 bits per heavy atom. The minimum Gasteiger partial charge on any atom is -0.368 e. The fourth-order valence-corrected chi connectivity index (χ4v) is 2.04. The summed E-state index contributed by atoms with van der Waals surface area (Å²) in [6.45, 7) is 3.98. The van der Waals surface area contributed by atoms with Crippen molar-refractivity contribution in [1.82, 2.24) is 5.32 Å². The van der Waals surface area contributed by atoms with Gasteiger partial charge in [0.25, 0.3) is 0 Å². The van der Waals surface area contributed by atoms with Gasteiger partial charge in [-0.15, -0.1) is 12.4 Å². The first-order valence-corrected chi connectivity index (χ1v) is 5.44. The number of rotatable bonds is 1. The van der Waals surface area contributed by atoms with Crippen LogP contribution in [0.15, 0.2) is 18.2 Å². The zero-order valence-corrected chi connectivity index (χ0v) is 10.5. The molecule has 1 aliphatic rings. The first-order chi connectivity index (χ1) is 6.77. The maximum atomic E-state index is 6.11. The van der Waals surface area contributed by atoms with Crippen molar-refractivity contribution >= 4 is 41.3 Å². The maximum absolute atomic E-state index is 6.11. The molecule has 0 spiro atoms. The molecule has 5 heteroatoms. The molecule has 0 amide bonds. The fourth-order valence-electron chi connectivity index (χ4n) is 1.63. The lowest BCUT2D eigenvalue weighted by molar-refractivity contribution is 0.589. The van der Waals surface area contributed by atoms with Crippen molar-refractivity contribution in [3.05, 3.63) is 28.2 Å². The smallest absolute Gasteiger partial charge is 0.0640 e. The summed E-state index contributed by atoms with van der Waals surface area (Å²) < 4.78 is 0. The van der Waals surface area contributed by atoms with Gasteiger partial charge in [0.15, 0.2) is 0 Å². The second kappa shape index (κ2) is 5.80. The number of hydrogen-bond donors (Lipinski definition) is 1. The van der Waals surface area contributed by atoms with Crippen molar-refractivity contribution in [2.24, 2.45) is 0 Å². The molecule has 1 heterocycles. The van der Waals surface area contributed by atoms with Gasteiger partial charge in [-0.3, -0.25) is 0 Å². The molecule has 0 bridgehead atoms. The molecule has 84 valence electrons. The maximum Gasteiger partial charge on any atom is 0.0640 e. The summed E-state index contributed by atoms with van der Waals surface area (Å²) in [5.74, 6) is 0. The normalized spacial score (nSPS) is 16.0. The molecule has 1 aromatic carbocycles. The van der Waals surface area contributed by atoms with E-state index in [2.05, 4.69) is 10.2 Å². The Morgan fingerprint density at radius 1 is 1.13 bits per heavy atom. The quantitative estimate of drug-likeness (QED) is 0.842. The molecule has 0 saturated carbocycles. The van der Waals surface area contributed by atoms with E-state index in [0.29, 0.717) is 0 Å². The molecule has 1 fully saturated rings. The number of benzene rings is 1. The van der Waals surface area contributed by atoms with Gasteiger partial charge in [0.2, 0.25) is 0 Å². The molecule has 0 radical (unpaired) electrons. The van der Waals surface area contributed by atoms with E-state index in [1.54, 1.807) is 0 Å². The van der Waals surface area contributed by atoms with Crippen LogP contribution in [-0.4, -0.2) is 26.2 Å². The van der Waals surface area contributed by atoms with Crippen LogP contribution in [0, 0.1) is 0 Å². The van der Waals surface area contributed by atoms with Crippen LogP contribution >= 0.6 is 35.6 Å². The molecule has 0 atom stereocenters. The van der Waals surface area contributed by atoms with Crippen LogP contribution in [0.5, 0.6) is 0 Å². The Labute approximate surface area is 106 Å². The fraction of sp³-hybridized carbons (Fsp3) is 0.400. The van der Waals surface area contributed by atoms with E-state index in [1.165, 1.54) is 0 Å². The third-order valence-corrected chi connectivity index (χ3v) is 2.92. The second-order valence-electron chi connectivity index (χ2n) is 3.33. The highest BCUT2D eigenvalue weighted by Crippen LogP contribution is 2.28. The molecule has 2 rings (SSSR count). The highest BCUT2D eigenvalue weighted by Gasteiger charge is 2.13. The van der Waals surface area contributed by atoms with Gasteiger partial charge in [0, 0.05) is 31.2 Å². The van der Waals surface area contributed by atoms with E-state index >= 15 is 0 Å². The molecule has 2 nitrogen and oxygen atoms in total. The summed E-state index contributed by atoms with van der Waals surface area (Å²) in [5.41, 5.74) is 1.04. The van der Waals surface area contributed by atoms with Crippen LogP contribution in [0.25, 0.3) is 0 Å². The van der Waals surface area contributed by atoms with Gasteiger partial charge in [0.1, 0.15) is 0 Å². The highest BCUT2D eigenvalue weighted by molar-refractivity contribution is 6.35. The van der Waals surface area contributed by atoms with E-state index in [1.807, 2.05) is 18.2 Å². The monoisotopic (exact) mass is 266 g/mol. The van der Waals surface area contributed by atoms with Gasteiger partial charge in [-0.1, -0.05) is 23.2 Å². The molecule has 15 heavy (non-hydrogen) atoms. The summed E-state index contributed by atoms with van der Waals surface area (Å²) in [6, 6.07) is 5.59. The zero-order valence-electron chi connectivity index (χ0n) is 8.17. The lowest BCUT2D eigenvalue weighted by atomic mass is 10.2. The predicted octanol–water partition coefficient (Wildman–Crippen LogP) is 2.82.